The minimum absolute atomic E-state index is 0.740. The average molecular weight is 339 g/mol. The van der Waals surface area contributed by atoms with Crippen molar-refractivity contribution in [2.45, 2.75) is 6.92 Å². The highest BCUT2D eigenvalue weighted by atomic mass is 79.9. The molecular weight excluding hydrogens is 328 g/mol. The molecule has 2 aromatic carbocycles. The van der Waals surface area contributed by atoms with E-state index >= 15 is 0 Å². The number of benzene rings is 2. The molecule has 0 bridgehead atoms. The first-order valence-electron chi connectivity index (χ1n) is 6.59. The van der Waals surface area contributed by atoms with Gasteiger partial charge in [0.25, 0.3) is 0 Å². The maximum atomic E-state index is 4.65. The fourth-order valence-electron chi connectivity index (χ4n) is 2.44. The number of hydrogen-bond acceptors (Lipinski definition) is 3. The van der Waals surface area contributed by atoms with Gasteiger partial charge in [-0.2, -0.15) is 0 Å². The second-order valence-electron chi connectivity index (χ2n) is 4.95. The third-order valence-electron chi connectivity index (χ3n) is 3.43. The first-order chi connectivity index (χ1) is 10.2. The molecular formula is C16H11BrN4. The van der Waals surface area contributed by atoms with Gasteiger partial charge in [-0.3, -0.25) is 4.98 Å². The molecule has 0 aliphatic carbocycles. The van der Waals surface area contributed by atoms with Gasteiger partial charge in [0.15, 0.2) is 5.82 Å². The molecule has 0 amide bonds. The van der Waals surface area contributed by atoms with Crippen LogP contribution in [0.2, 0.25) is 0 Å². The summed E-state index contributed by atoms with van der Waals surface area (Å²) in [6.07, 6.45) is 1.75. The van der Waals surface area contributed by atoms with Gasteiger partial charge in [-0.1, -0.05) is 28.1 Å². The zero-order valence-corrected chi connectivity index (χ0v) is 12.8. The van der Waals surface area contributed by atoms with E-state index < -0.39 is 0 Å². The summed E-state index contributed by atoms with van der Waals surface area (Å²) in [5.41, 5.74) is 5.58. The molecule has 1 N–H and O–H groups in total. The third-order valence-corrected chi connectivity index (χ3v) is 3.89. The molecule has 5 heteroatoms. The molecule has 102 valence electrons. The number of halogens is 1. The van der Waals surface area contributed by atoms with Crippen molar-refractivity contribution in [2.75, 3.05) is 0 Å². The number of aromatic nitrogens is 4. The van der Waals surface area contributed by atoms with Crippen LogP contribution < -0.4 is 0 Å². The van der Waals surface area contributed by atoms with E-state index in [1.807, 2.05) is 37.3 Å². The van der Waals surface area contributed by atoms with Gasteiger partial charge < -0.3 is 4.98 Å². The maximum absolute atomic E-state index is 4.65. The van der Waals surface area contributed by atoms with E-state index in [4.69, 9.17) is 0 Å². The average Bonchev–Trinajstić information content (AvgIpc) is 2.91. The highest BCUT2D eigenvalue weighted by Crippen LogP contribution is 2.25. The molecule has 0 saturated heterocycles. The molecule has 2 aromatic heterocycles. The van der Waals surface area contributed by atoms with Crippen molar-refractivity contribution in [1.82, 2.24) is 19.9 Å². The van der Waals surface area contributed by atoms with Gasteiger partial charge >= 0.3 is 0 Å². The van der Waals surface area contributed by atoms with Gasteiger partial charge in [0.1, 0.15) is 5.69 Å². The lowest BCUT2D eigenvalue weighted by Gasteiger charge is -1.98. The normalized spacial score (nSPS) is 11.3. The Labute approximate surface area is 129 Å². The molecule has 4 nitrogen and oxygen atoms in total. The SMILES string of the molecule is Cc1cc(Br)cc2[nH]c(-c3cnc4ccccc4n3)nc12. The number of aryl methyl sites for hydroxylation is 1. The largest absolute Gasteiger partial charge is 0.337 e. The van der Waals surface area contributed by atoms with Gasteiger partial charge in [0.2, 0.25) is 0 Å². The summed E-state index contributed by atoms with van der Waals surface area (Å²) >= 11 is 3.51. The fourth-order valence-corrected chi connectivity index (χ4v) is 3.01. The summed E-state index contributed by atoms with van der Waals surface area (Å²) in [6, 6.07) is 11.9. The van der Waals surface area contributed by atoms with Crippen molar-refractivity contribution in [3.8, 4) is 11.5 Å². The highest BCUT2D eigenvalue weighted by Gasteiger charge is 2.10. The first-order valence-corrected chi connectivity index (χ1v) is 7.38. The number of H-pyrrole nitrogens is 1. The molecule has 0 aliphatic heterocycles. The monoisotopic (exact) mass is 338 g/mol. The quantitative estimate of drug-likeness (QED) is 0.564. The fraction of sp³-hybridized carbons (Fsp3) is 0.0625. The van der Waals surface area contributed by atoms with Crippen molar-refractivity contribution >= 4 is 38.0 Å². The van der Waals surface area contributed by atoms with E-state index in [0.717, 1.165) is 43.6 Å². The van der Waals surface area contributed by atoms with E-state index in [0.29, 0.717) is 0 Å². The standard InChI is InChI=1S/C16H11BrN4/c1-9-6-10(17)7-13-15(9)21-16(20-13)14-8-18-11-4-2-3-5-12(11)19-14/h2-8H,1H3,(H,20,21). The number of hydrogen-bond donors (Lipinski definition) is 1. The minimum atomic E-state index is 0.740. The van der Waals surface area contributed by atoms with Crippen molar-refractivity contribution in [2.24, 2.45) is 0 Å². The Hall–Kier alpha value is -2.27. The van der Waals surface area contributed by atoms with Crippen LogP contribution in [0.15, 0.2) is 47.1 Å². The molecule has 0 radical (unpaired) electrons. The predicted octanol–water partition coefficient (Wildman–Crippen LogP) is 4.24. The molecule has 4 aromatic rings. The first kappa shape index (κ1) is 12.5. The molecule has 0 saturated carbocycles. The summed E-state index contributed by atoms with van der Waals surface area (Å²) < 4.78 is 1.03. The second kappa shape index (κ2) is 4.63. The summed E-state index contributed by atoms with van der Waals surface area (Å²) in [7, 11) is 0. The zero-order chi connectivity index (χ0) is 14.4. The van der Waals surface area contributed by atoms with Crippen LogP contribution in [0, 0.1) is 6.92 Å². The molecule has 0 unspecified atom stereocenters. The molecule has 4 rings (SSSR count). The van der Waals surface area contributed by atoms with Crippen molar-refractivity contribution in [1.29, 1.82) is 0 Å². The summed E-state index contributed by atoms with van der Waals surface area (Å²) in [4.78, 5) is 17.0. The van der Waals surface area contributed by atoms with Crippen LogP contribution in [0.25, 0.3) is 33.6 Å². The maximum Gasteiger partial charge on any atom is 0.158 e. The van der Waals surface area contributed by atoms with E-state index in [-0.39, 0.29) is 0 Å². The number of aromatic amines is 1. The van der Waals surface area contributed by atoms with Crippen molar-refractivity contribution < 1.29 is 0 Å². The van der Waals surface area contributed by atoms with Crippen LogP contribution in [-0.4, -0.2) is 19.9 Å². The number of rotatable bonds is 1. The van der Waals surface area contributed by atoms with Crippen LogP contribution >= 0.6 is 15.9 Å². The van der Waals surface area contributed by atoms with Gasteiger partial charge in [0.05, 0.1) is 28.3 Å². The Morgan fingerprint density at radius 2 is 1.86 bits per heavy atom. The summed E-state index contributed by atoms with van der Waals surface area (Å²) in [5.74, 6) is 0.740. The molecule has 0 atom stereocenters. The summed E-state index contributed by atoms with van der Waals surface area (Å²) in [6.45, 7) is 2.05. The van der Waals surface area contributed by atoms with Crippen molar-refractivity contribution in [3.05, 3.63) is 52.6 Å². The van der Waals surface area contributed by atoms with Crippen molar-refractivity contribution in [3.63, 3.8) is 0 Å². The van der Waals surface area contributed by atoms with E-state index in [2.05, 4.69) is 41.9 Å². The lowest BCUT2D eigenvalue weighted by molar-refractivity contribution is 1.22. The third kappa shape index (κ3) is 2.10. The van der Waals surface area contributed by atoms with Gasteiger partial charge in [-0.25, -0.2) is 9.97 Å². The molecule has 2 heterocycles. The second-order valence-corrected chi connectivity index (χ2v) is 5.86. The highest BCUT2D eigenvalue weighted by molar-refractivity contribution is 9.10. The number of nitrogens with one attached hydrogen (secondary N) is 1. The molecule has 0 spiro atoms. The molecule has 0 aliphatic rings. The van der Waals surface area contributed by atoms with Gasteiger partial charge in [0, 0.05) is 4.47 Å². The van der Waals surface area contributed by atoms with Crippen LogP contribution in [0.5, 0.6) is 0 Å². The lowest BCUT2D eigenvalue weighted by atomic mass is 10.2. The van der Waals surface area contributed by atoms with Crippen LogP contribution in [-0.2, 0) is 0 Å². The molecule has 21 heavy (non-hydrogen) atoms. The predicted molar refractivity (Wildman–Crippen MR) is 87.1 cm³/mol. The van der Waals surface area contributed by atoms with Gasteiger partial charge in [-0.05, 0) is 36.8 Å². The number of para-hydroxylation sites is 2. The van der Waals surface area contributed by atoms with Crippen LogP contribution in [0.3, 0.4) is 0 Å². The van der Waals surface area contributed by atoms with E-state index in [1.54, 1.807) is 6.20 Å². The van der Waals surface area contributed by atoms with E-state index in [1.165, 1.54) is 0 Å². The minimum Gasteiger partial charge on any atom is -0.337 e. The lowest BCUT2D eigenvalue weighted by Crippen LogP contribution is -1.89. The molecule has 0 fully saturated rings. The smallest absolute Gasteiger partial charge is 0.158 e. The topological polar surface area (TPSA) is 54.5 Å². The Morgan fingerprint density at radius 3 is 2.71 bits per heavy atom. The number of fused-ring (bicyclic) bond motifs is 2. The Kier molecular flexibility index (Phi) is 2.75. The number of nitrogens with zero attached hydrogens (tertiary/aromatic N) is 3. The Morgan fingerprint density at radius 1 is 1.05 bits per heavy atom. The Bertz CT molecular complexity index is 975. The van der Waals surface area contributed by atoms with Crippen LogP contribution in [0.4, 0.5) is 0 Å². The Balaban J connectivity index is 1.93. The van der Waals surface area contributed by atoms with Gasteiger partial charge in [-0.15, -0.1) is 0 Å². The van der Waals surface area contributed by atoms with E-state index in [9.17, 15) is 0 Å². The zero-order valence-electron chi connectivity index (χ0n) is 11.3. The summed E-state index contributed by atoms with van der Waals surface area (Å²) in [5, 5.41) is 0. The number of imidazole rings is 1. The van der Waals surface area contributed by atoms with Crippen LogP contribution in [0.1, 0.15) is 5.56 Å².